The number of hydrogen-bond acceptors (Lipinski definition) is 3. The largest absolute Gasteiger partial charge is 0.348 e. The first-order chi connectivity index (χ1) is 7.78. The number of thiophene rings is 1. The maximum Gasteiger partial charge on any atom is 0.0926 e. The summed E-state index contributed by atoms with van der Waals surface area (Å²) < 4.78 is 0. The predicted octanol–water partition coefficient (Wildman–Crippen LogP) is 2.07. The van der Waals surface area contributed by atoms with Gasteiger partial charge in [0.15, 0.2) is 0 Å². The van der Waals surface area contributed by atoms with Gasteiger partial charge in [0.1, 0.15) is 0 Å². The summed E-state index contributed by atoms with van der Waals surface area (Å²) in [6.45, 7) is 3.26. The summed E-state index contributed by atoms with van der Waals surface area (Å²) >= 11 is 1.75. The number of rotatable bonds is 2. The first-order valence-electron chi connectivity index (χ1n) is 5.57. The van der Waals surface area contributed by atoms with Crippen LogP contribution in [-0.2, 0) is 18.4 Å². The number of hydrogen-bond donors (Lipinski definition) is 2. The van der Waals surface area contributed by atoms with Gasteiger partial charge in [-0.15, -0.1) is 0 Å². The van der Waals surface area contributed by atoms with Gasteiger partial charge in [-0.3, -0.25) is 0 Å². The standard InChI is InChI=1S/C12H15N3S/c1-12(6-9-3-5-16-7-9)11-10(2-4-15-12)13-8-14-11/h3,5,7-8,15H,2,4,6H2,1H3,(H,13,14). The fraction of sp³-hybridized carbons (Fsp3) is 0.417. The summed E-state index contributed by atoms with van der Waals surface area (Å²) in [5.74, 6) is 0. The summed E-state index contributed by atoms with van der Waals surface area (Å²) in [5.41, 5.74) is 3.84. The minimum absolute atomic E-state index is 0.0192. The van der Waals surface area contributed by atoms with E-state index in [0.29, 0.717) is 0 Å². The van der Waals surface area contributed by atoms with Crippen LogP contribution in [0.15, 0.2) is 23.2 Å². The molecule has 0 saturated heterocycles. The van der Waals surface area contributed by atoms with Crippen LogP contribution in [0.4, 0.5) is 0 Å². The number of imidazole rings is 1. The summed E-state index contributed by atoms with van der Waals surface area (Å²) in [6, 6.07) is 2.19. The highest BCUT2D eigenvalue weighted by molar-refractivity contribution is 7.07. The van der Waals surface area contributed by atoms with Crippen molar-refractivity contribution in [2.45, 2.75) is 25.3 Å². The second kappa shape index (κ2) is 3.71. The SMILES string of the molecule is CC1(Cc2ccsc2)NCCc2[nH]cnc21. The molecule has 2 aromatic rings. The van der Waals surface area contributed by atoms with Gasteiger partial charge in [0, 0.05) is 18.7 Å². The lowest BCUT2D eigenvalue weighted by Crippen LogP contribution is -2.46. The molecule has 0 aliphatic carbocycles. The number of fused-ring (bicyclic) bond motifs is 1. The van der Waals surface area contributed by atoms with Crippen LogP contribution in [0.1, 0.15) is 23.9 Å². The van der Waals surface area contributed by atoms with Gasteiger partial charge in [0.25, 0.3) is 0 Å². The molecule has 3 heterocycles. The Kier molecular flexibility index (Phi) is 2.33. The maximum atomic E-state index is 4.48. The number of nitrogens with one attached hydrogen (secondary N) is 2. The molecule has 0 aromatic carbocycles. The Morgan fingerprint density at radius 2 is 2.50 bits per heavy atom. The van der Waals surface area contributed by atoms with Crippen LogP contribution >= 0.6 is 11.3 Å². The molecular weight excluding hydrogens is 218 g/mol. The minimum Gasteiger partial charge on any atom is -0.348 e. The van der Waals surface area contributed by atoms with Crippen LogP contribution in [0.25, 0.3) is 0 Å². The summed E-state index contributed by atoms with van der Waals surface area (Å²) in [6.07, 6.45) is 3.87. The van der Waals surface area contributed by atoms with Crippen molar-refractivity contribution in [3.63, 3.8) is 0 Å². The molecule has 0 amide bonds. The van der Waals surface area contributed by atoms with Gasteiger partial charge in [0.2, 0.25) is 0 Å². The van der Waals surface area contributed by atoms with Gasteiger partial charge in [-0.1, -0.05) is 0 Å². The molecule has 1 atom stereocenters. The van der Waals surface area contributed by atoms with Crippen molar-refractivity contribution in [2.24, 2.45) is 0 Å². The summed E-state index contributed by atoms with van der Waals surface area (Å²) in [5, 5.41) is 7.95. The zero-order valence-electron chi connectivity index (χ0n) is 9.29. The third-order valence-electron chi connectivity index (χ3n) is 3.27. The smallest absolute Gasteiger partial charge is 0.0926 e. The van der Waals surface area contributed by atoms with Crippen molar-refractivity contribution in [2.75, 3.05) is 6.54 Å². The van der Waals surface area contributed by atoms with Crippen molar-refractivity contribution < 1.29 is 0 Å². The van der Waals surface area contributed by atoms with Crippen LogP contribution in [-0.4, -0.2) is 16.5 Å². The molecule has 0 bridgehead atoms. The highest BCUT2D eigenvalue weighted by atomic mass is 32.1. The van der Waals surface area contributed by atoms with E-state index in [1.165, 1.54) is 17.0 Å². The Bertz CT molecular complexity index is 474. The monoisotopic (exact) mass is 233 g/mol. The van der Waals surface area contributed by atoms with E-state index in [0.717, 1.165) is 19.4 Å². The number of nitrogens with zero attached hydrogens (tertiary/aromatic N) is 1. The Morgan fingerprint density at radius 1 is 1.56 bits per heavy atom. The zero-order chi connectivity index (χ0) is 11.0. The average Bonchev–Trinajstić information content (AvgIpc) is 2.88. The molecule has 1 aliphatic heterocycles. The van der Waals surface area contributed by atoms with E-state index >= 15 is 0 Å². The van der Waals surface area contributed by atoms with E-state index in [2.05, 4.69) is 39.0 Å². The van der Waals surface area contributed by atoms with Crippen LogP contribution in [0.2, 0.25) is 0 Å². The van der Waals surface area contributed by atoms with Gasteiger partial charge < -0.3 is 10.3 Å². The van der Waals surface area contributed by atoms with E-state index in [-0.39, 0.29) is 5.54 Å². The van der Waals surface area contributed by atoms with Crippen LogP contribution < -0.4 is 5.32 Å². The molecule has 16 heavy (non-hydrogen) atoms. The van der Waals surface area contributed by atoms with Crippen LogP contribution in [0.5, 0.6) is 0 Å². The lowest BCUT2D eigenvalue weighted by atomic mass is 9.86. The molecule has 3 rings (SSSR count). The molecule has 1 aliphatic rings. The maximum absolute atomic E-state index is 4.48. The lowest BCUT2D eigenvalue weighted by Gasteiger charge is -2.34. The minimum atomic E-state index is -0.0192. The van der Waals surface area contributed by atoms with Crippen LogP contribution in [0.3, 0.4) is 0 Å². The molecule has 3 nitrogen and oxygen atoms in total. The van der Waals surface area contributed by atoms with Crippen molar-refractivity contribution in [3.8, 4) is 0 Å². The molecule has 0 spiro atoms. The van der Waals surface area contributed by atoms with Crippen molar-refractivity contribution >= 4 is 11.3 Å². The normalized spacial score (nSPS) is 24.3. The van der Waals surface area contributed by atoms with Gasteiger partial charge in [-0.2, -0.15) is 11.3 Å². The molecule has 4 heteroatoms. The highest BCUT2D eigenvalue weighted by Crippen LogP contribution is 2.29. The number of aromatic nitrogens is 2. The average molecular weight is 233 g/mol. The van der Waals surface area contributed by atoms with Crippen molar-refractivity contribution in [1.82, 2.24) is 15.3 Å². The molecule has 0 saturated carbocycles. The zero-order valence-corrected chi connectivity index (χ0v) is 10.1. The van der Waals surface area contributed by atoms with E-state index in [9.17, 15) is 0 Å². The third kappa shape index (κ3) is 1.58. The third-order valence-corrected chi connectivity index (χ3v) is 4.00. The Hall–Kier alpha value is -1.13. The molecule has 2 aromatic heterocycles. The highest BCUT2D eigenvalue weighted by Gasteiger charge is 2.34. The summed E-state index contributed by atoms with van der Waals surface area (Å²) in [7, 11) is 0. The van der Waals surface area contributed by atoms with E-state index in [1.54, 1.807) is 11.3 Å². The van der Waals surface area contributed by atoms with E-state index < -0.39 is 0 Å². The second-order valence-electron chi connectivity index (χ2n) is 4.55. The number of H-pyrrole nitrogens is 1. The van der Waals surface area contributed by atoms with Crippen molar-refractivity contribution in [3.05, 3.63) is 40.1 Å². The van der Waals surface area contributed by atoms with Crippen LogP contribution in [0, 0.1) is 0 Å². The fourth-order valence-electron chi connectivity index (χ4n) is 2.48. The van der Waals surface area contributed by atoms with Gasteiger partial charge in [-0.05, 0) is 35.7 Å². The van der Waals surface area contributed by atoms with Gasteiger partial charge >= 0.3 is 0 Å². The summed E-state index contributed by atoms with van der Waals surface area (Å²) in [4.78, 5) is 7.72. The number of aromatic amines is 1. The molecule has 2 N–H and O–H groups in total. The first kappa shape index (κ1) is 10.1. The first-order valence-corrected chi connectivity index (χ1v) is 6.51. The second-order valence-corrected chi connectivity index (χ2v) is 5.33. The Morgan fingerprint density at radius 3 is 3.31 bits per heavy atom. The topological polar surface area (TPSA) is 40.7 Å². The molecule has 1 unspecified atom stereocenters. The van der Waals surface area contributed by atoms with Gasteiger partial charge in [0.05, 0.1) is 17.6 Å². The Balaban J connectivity index is 1.95. The quantitative estimate of drug-likeness (QED) is 0.833. The molecule has 0 fully saturated rings. The van der Waals surface area contributed by atoms with Crippen molar-refractivity contribution in [1.29, 1.82) is 0 Å². The molecular formula is C12H15N3S. The molecule has 0 radical (unpaired) electrons. The Labute approximate surface area is 98.9 Å². The van der Waals surface area contributed by atoms with Gasteiger partial charge in [-0.25, -0.2) is 4.98 Å². The fourth-order valence-corrected chi connectivity index (χ4v) is 3.15. The molecule has 84 valence electrons. The predicted molar refractivity (Wildman–Crippen MR) is 65.7 cm³/mol. The lowest BCUT2D eigenvalue weighted by molar-refractivity contribution is 0.335. The van der Waals surface area contributed by atoms with E-state index in [4.69, 9.17) is 0 Å². The van der Waals surface area contributed by atoms with E-state index in [1.807, 2.05) is 6.33 Å².